The van der Waals surface area contributed by atoms with Crippen molar-refractivity contribution in [1.82, 2.24) is 14.8 Å². The Hall–Kier alpha value is -3.48. The molecule has 1 unspecified atom stereocenters. The lowest BCUT2D eigenvalue weighted by Gasteiger charge is -2.41. The maximum atomic E-state index is 13.3. The van der Waals surface area contributed by atoms with Crippen LogP contribution in [0.25, 0.3) is 11.1 Å². The molecule has 1 fully saturated rings. The number of alkyl halides is 6. The minimum Gasteiger partial charge on any atom is -0.466 e. The molecule has 232 valence electrons. The summed E-state index contributed by atoms with van der Waals surface area (Å²) in [4.78, 5) is 21.0. The van der Waals surface area contributed by atoms with Crippen LogP contribution in [0.4, 0.5) is 26.3 Å². The molecule has 1 aliphatic heterocycles. The van der Waals surface area contributed by atoms with Crippen molar-refractivity contribution in [2.75, 3.05) is 26.2 Å². The second-order valence-corrected chi connectivity index (χ2v) is 10.7. The summed E-state index contributed by atoms with van der Waals surface area (Å²) in [6.45, 7) is 7.27. The number of aryl methyl sites for hydroxylation is 1. The fourth-order valence-electron chi connectivity index (χ4n) is 5.42. The van der Waals surface area contributed by atoms with Crippen LogP contribution in [0.1, 0.15) is 35.6 Å². The summed E-state index contributed by atoms with van der Waals surface area (Å²) in [6, 6.07) is 12.9. The molecule has 1 aliphatic rings. The van der Waals surface area contributed by atoms with Crippen LogP contribution < -0.4 is 0 Å². The van der Waals surface area contributed by atoms with E-state index in [1.807, 2.05) is 24.3 Å². The number of aromatic nitrogens is 1. The molecule has 0 radical (unpaired) electrons. The van der Waals surface area contributed by atoms with Crippen LogP contribution in [-0.4, -0.2) is 70.5 Å². The van der Waals surface area contributed by atoms with E-state index >= 15 is 0 Å². The smallest absolute Gasteiger partial charge is 0.430 e. The Morgan fingerprint density at radius 2 is 1.58 bits per heavy atom. The predicted molar refractivity (Wildman–Crippen MR) is 148 cm³/mol. The van der Waals surface area contributed by atoms with Gasteiger partial charge in [0.05, 0.1) is 13.0 Å². The van der Waals surface area contributed by atoms with Gasteiger partial charge in [-0.15, -0.1) is 0 Å². The zero-order valence-electron chi connectivity index (χ0n) is 23.8. The van der Waals surface area contributed by atoms with Gasteiger partial charge in [-0.05, 0) is 53.8 Å². The lowest BCUT2D eigenvalue weighted by atomic mass is 9.90. The first kappa shape index (κ1) is 32.4. The van der Waals surface area contributed by atoms with Crippen LogP contribution in [0.2, 0.25) is 0 Å². The molecular weight excluding hydrogens is 576 g/mol. The fourth-order valence-corrected chi connectivity index (χ4v) is 5.42. The molecule has 0 aliphatic carbocycles. The lowest BCUT2D eigenvalue weighted by Crippen LogP contribution is -2.53. The van der Waals surface area contributed by atoms with Gasteiger partial charge in [0.25, 0.3) is 5.60 Å². The Kier molecular flexibility index (Phi) is 9.83. The maximum Gasteiger partial charge on any atom is 0.430 e. The molecule has 3 aromatic rings. The van der Waals surface area contributed by atoms with E-state index in [1.165, 1.54) is 0 Å². The van der Waals surface area contributed by atoms with Gasteiger partial charge in [0.15, 0.2) is 0 Å². The zero-order chi connectivity index (χ0) is 31.4. The summed E-state index contributed by atoms with van der Waals surface area (Å²) in [5, 5.41) is 9.67. The van der Waals surface area contributed by atoms with Gasteiger partial charge < -0.3 is 9.84 Å². The molecule has 0 bridgehead atoms. The van der Waals surface area contributed by atoms with Gasteiger partial charge in [0.2, 0.25) is 0 Å². The van der Waals surface area contributed by atoms with Gasteiger partial charge >= 0.3 is 18.3 Å². The summed E-state index contributed by atoms with van der Waals surface area (Å²) in [7, 11) is 0. The van der Waals surface area contributed by atoms with Crippen molar-refractivity contribution in [3.8, 4) is 11.1 Å². The molecule has 43 heavy (non-hydrogen) atoms. The van der Waals surface area contributed by atoms with E-state index in [-0.39, 0.29) is 18.4 Å². The molecule has 2 aromatic carbocycles. The fraction of sp³-hybridized carbons (Fsp3) is 0.419. The highest BCUT2D eigenvalue weighted by atomic mass is 19.4. The Labute approximate surface area is 245 Å². The zero-order valence-corrected chi connectivity index (χ0v) is 23.8. The number of ether oxygens (including phenoxy) is 1. The summed E-state index contributed by atoms with van der Waals surface area (Å²) in [5.74, 6) is -0.277. The summed E-state index contributed by atoms with van der Waals surface area (Å²) >= 11 is 0. The molecular formula is C31H33F6N3O3. The number of piperazine rings is 1. The molecule has 12 heteroatoms. The van der Waals surface area contributed by atoms with E-state index in [4.69, 9.17) is 4.74 Å². The summed E-state index contributed by atoms with van der Waals surface area (Å²) in [5.41, 5.74) is -2.41. The quantitative estimate of drug-likeness (QED) is 0.237. The molecule has 1 saturated heterocycles. The van der Waals surface area contributed by atoms with Crippen molar-refractivity contribution < 1.29 is 41.0 Å². The van der Waals surface area contributed by atoms with Crippen molar-refractivity contribution >= 4 is 5.97 Å². The van der Waals surface area contributed by atoms with E-state index < -0.39 is 23.5 Å². The van der Waals surface area contributed by atoms with Crippen LogP contribution in [0.15, 0.2) is 67.0 Å². The van der Waals surface area contributed by atoms with Crippen LogP contribution >= 0.6 is 0 Å². The third-order valence-electron chi connectivity index (χ3n) is 7.66. The number of rotatable bonds is 9. The summed E-state index contributed by atoms with van der Waals surface area (Å²) in [6.07, 6.45) is -8.17. The first-order valence-corrected chi connectivity index (χ1v) is 13.8. The number of esters is 1. The Balaban J connectivity index is 1.50. The number of aliphatic hydroxyl groups is 1. The van der Waals surface area contributed by atoms with Gasteiger partial charge in [-0.25, -0.2) is 0 Å². The van der Waals surface area contributed by atoms with Crippen molar-refractivity contribution in [3.05, 3.63) is 89.2 Å². The number of pyridine rings is 1. The molecule has 0 saturated carbocycles. The third-order valence-corrected chi connectivity index (χ3v) is 7.66. The van der Waals surface area contributed by atoms with E-state index in [9.17, 15) is 36.2 Å². The highest BCUT2D eigenvalue weighted by molar-refractivity contribution is 5.70. The highest BCUT2D eigenvalue weighted by Crippen LogP contribution is 2.50. The third kappa shape index (κ3) is 7.36. The minimum absolute atomic E-state index is 0.0943. The number of benzene rings is 2. The van der Waals surface area contributed by atoms with Crippen LogP contribution in [0.5, 0.6) is 0 Å². The van der Waals surface area contributed by atoms with E-state index in [1.54, 1.807) is 32.3 Å². The molecule has 6 nitrogen and oxygen atoms in total. The van der Waals surface area contributed by atoms with Gasteiger partial charge in [0, 0.05) is 56.7 Å². The Bertz CT molecular complexity index is 1370. The molecule has 0 amide bonds. The topological polar surface area (TPSA) is 65.9 Å². The van der Waals surface area contributed by atoms with E-state index in [2.05, 4.69) is 14.8 Å². The number of hydrogen-bond acceptors (Lipinski definition) is 6. The van der Waals surface area contributed by atoms with Crippen LogP contribution in [-0.2, 0) is 28.2 Å². The van der Waals surface area contributed by atoms with Gasteiger partial charge in [0.1, 0.15) is 0 Å². The van der Waals surface area contributed by atoms with Crippen molar-refractivity contribution in [1.29, 1.82) is 0 Å². The minimum atomic E-state index is -5.94. The molecule has 1 atom stereocenters. The molecule has 2 heterocycles. The van der Waals surface area contributed by atoms with Crippen molar-refractivity contribution in [2.45, 2.75) is 57.4 Å². The van der Waals surface area contributed by atoms with Gasteiger partial charge in [-0.3, -0.25) is 19.6 Å². The van der Waals surface area contributed by atoms with Crippen LogP contribution in [0.3, 0.4) is 0 Å². The van der Waals surface area contributed by atoms with Crippen molar-refractivity contribution in [3.63, 3.8) is 0 Å². The molecule has 1 N–H and O–H groups in total. The monoisotopic (exact) mass is 609 g/mol. The van der Waals surface area contributed by atoms with Crippen LogP contribution in [0, 0.1) is 6.92 Å². The predicted octanol–water partition coefficient (Wildman–Crippen LogP) is 6.01. The van der Waals surface area contributed by atoms with Gasteiger partial charge in [-0.1, -0.05) is 42.5 Å². The molecule has 4 rings (SSSR count). The maximum absolute atomic E-state index is 13.3. The second-order valence-electron chi connectivity index (χ2n) is 10.7. The Morgan fingerprint density at radius 1 is 0.930 bits per heavy atom. The lowest BCUT2D eigenvalue weighted by molar-refractivity contribution is -0.376. The summed E-state index contributed by atoms with van der Waals surface area (Å²) < 4.78 is 84.8. The standard InChI is InChI=1S/C31H33F6N3O3/c1-3-43-28(41)17-26-20-39(18-22-10-12-38-13-11-22)14-15-40(26)19-23-4-9-27(21(2)16-23)24-5-7-25(8-6-24)29(42,30(32,33)34)31(35,36)37/h4-13,16,26,42H,3,14-15,17-20H2,1-2H3. The van der Waals surface area contributed by atoms with E-state index in [0.717, 1.165) is 41.9 Å². The van der Waals surface area contributed by atoms with Gasteiger partial charge in [-0.2, -0.15) is 26.3 Å². The first-order chi connectivity index (χ1) is 20.2. The molecule has 0 spiro atoms. The average molecular weight is 610 g/mol. The van der Waals surface area contributed by atoms with Crippen molar-refractivity contribution in [2.24, 2.45) is 0 Å². The average Bonchev–Trinajstić information content (AvgIpc) is 2.94. The number of nitrogens with zero attached hydrogens (tertiary/aromatic N) is 3. The second kappa shape index (κ2) is 13.0. The Morgan fingerprint density at radius 3 is 2.16 bits per heavy atom. The SMILES string of the molecule is CCOC(=O)CC1CN(Cc2ccncc2)CCN1Cc1ccc(-c2ccc(C(O)(C(F)(F)F)C(F)(F)F)cc2)c(C)c1. The molecule has 1 aromatic heterocycles. The first-order valence-electron chi connectivity index (χ1n) is 13.8. The normalized spacial score (nSPS) is 17.2. The van der Waals surface area contributed by atoms with E-state index in [0.29, 0.717) is 49.5 Å². The number of carbonyl (C=O) groups excluding carboxylic acids is 1. The highest BCUT2D eigenvalue weighted by Gasteiger charge is 2.71. The number of carbonyl (C=O) groups is 1. The largest absolute Gasteiger partial charge is 0.466 e. The number of halogens is 6. The number of hydrogen-bond donors (Lipinski definition) is 1.